The molecule has 0 atom stereocenters. The van der Waals surface area contributed by atoms with Crippen LogP contribution in [-0.4, -0.2) is 32.4 Å². The summed E-state index contributed by atoms with van der Waals surface area (Å²) in [6.07, 6.45) is 1.59. The zero-order valence-corrected chi connectivity index (χ0v) is 15.6. The van der Waals surface area contributed by atoms with Crippen molar-refractivity contribution in [3.8, 4) is 5.69 Å². The molecule has 0 saturated carbocycles. The molecule has 0 bridgehead atoms. The van der Waals surface area contributed by atoms with E-state index in [0.29, 0.717) is 36.5 Å². The molecule has 0 unspecified atom stereocenters. The SMILES string of the molecule is COCCn1cnc2c1c(=O)n(CC(C)C)c(=O)n2-c1ccc(C)cc1. The van der Waals surface area contributed by atoms with Crippen molar-refractivity contribution in [1.82, 2.24) is 18.7 Å². The van der Waals surface area contributed by atoms with E-state index >= 15 is 0 Å². The lowest BCUT2D eigenvalue weighted by atomic mass is 10.2. The van der Waals surface area contributed by atoms with Crippen molar-refractivity contribution in [2.24, 2.45) is 5.92 Å². The van der Waals surface area contributed by atoms with Crippen molar-refractivity contribution in [1.29, 1.82) is 0 Å². The Morgan fingerprint density at radius 1 is 1.15 bits per heavy atom. The highest BCUT2D eigenvalue weighted by molar-refractivity contribution is 5.72. The fraction of sp³-hybridized carbons (Fsp3) is 0.421. The van der Waals surface area contributed by atoms with Gasteiger partial charge in [0.15, 0.2) is 11.2 Å². The summed E-state index contributed by atoms with van der Waals surface area (Å²) >= 11 is 0. The second-order valence-electron chi connectivity index (χ2n) is 6.87. The smallest absolute Gasteiger partial charge is 0.337 e. The number of ether oxygens (including phenoxy) is 1. The van der Waals surface area contributed by atoms with Crippen LogP contribution in [0.2, 0.25) is 0 Å². The Morgan fingerprint density at radius 3 is 2.46 bits per heavy atom. The first-order valence-electron chi connectivity index (χ1n) is 8.70. The fourth-order valence-corrected chi connectivity index (χ4v) is 2.99. The van der Waals surface area contributed by atoms with E-state index in [9.17, 15) is 9.59 Å². The fourth-order valence-electron chi connectivity index (χ4n) is 2.99. The molecule has 0 N–H and O–H groups in total. The lowest BCUT2D eigenvalue weighted by molar-refractivity contribution is 0.188. The topological polar surface area (TPSA) is 71.1 Å². The van der Waals surface area contributed by atoms with E-state index in [1.54, 1.807) is 18.0 Å². The Hall–Kier alpha value is -2.67. The van der Waals surface area contributed by atoms with Gasteiger partial charge in [-0.1, -0.05) is 31.5 Å². The number of aryl methyl sites for hydroxylation is 1. The van der Waals surface area contributed by atoms with E-state index in [1.807, 2.05) is 45.0 Å². The van der Waals surface area contributed by atoms with Crippen LogP contribution in [0.25, 0.3) is 16.9 Å². The summed E-state index contributed by atoms with van der Waals surface area (Å²) in [6.45, 7) is 7.26. The van der Waals surface area contributed by atoms with Gasteiger partial charge in [0.05, 0.1) is 18.6 Å². The average molecular weight is 356 g/mol. The van der Waals surface area contributed by atoms with Crippen LogP contribution in [0.15, 0.2) is 40.2 Å². The van der Waals surface area contributed by atoms with E-state index in [4.69, 9.17) is 4.74 Å². The second kappa shape index (κ2) is 7.29. The van der Waals surface area contributed by atoms with Crippen LogP contribution in [0.4, 0.5) is 0 Å². The average Bonchev–Trinajstić information content (AvgIpc) is 3.02. The van der Waals surface area contributed by atoms with Crippen molar-refractivity contribution in [2.75, 3.05) is 13.7 Å². The van der Waals surface area contributed by atoms with Crippen LogP contribution in [0, 0.1) is 12.8 Å². The van der Waals surface area contributed by atoms with E-state index < -0.39 is 0 Å². The van der Waals surface area contributed by atoms with Gasteiger partial charge >= 0.3 is 5.69 Å². The highest BCUT2D eigenvalue weighted by atomic mass is 16.5. The Kier molecular flexibility index (Phi) is 5.08. The first kappa shape index (κ1) is 18.1. The maximum atomic E-state index is 13.1. The number of hydrogen-bond donors (Lipinski definition) is 0. The van der Waals surface area contributed by atoms with Gasteiger partial charge in [-0.15, -0.1) is 0 Å². The zero-order chi connectivity index (χ0) is 18.8. The van der Waals surface area contributed by atoms with Crippen molar-refractivity contribution in [2.45, 2.75) is 33.9 Å². The Morgan fingerprint density at radius 2 is 1.85 bits per heavy atom. The van der Waals surface area contributed by atoms with Crippen molar-refractivity contribution in [3.05, 3.63) is 57.0 Å². The predicted molar refractivity (Wildman–Crippen MR) is 101 cm³/mol. The lowest BCUT2D eigenvalue weighted by Crippen LogP contribution is -2.41. The molecule has 0 radical (unpaired) electrons. The molecule has 2 heterocycles. The molecule has 7 heteroatoms. The van der Waals surface area contributed by atoms with Gasteiger partial charge in [-0.3, -0.25) is 9.36 Å². The number of methoxy groups -OCH3 is 1. The highest BCUT2D eigenvalue weighted by Crippen LogP contribution is 2.14. The molecule has 1 aromatic carbocycles. The number of aromatic nitrogens is 4. The van der Waals surface area contributed by atoms with Crippen LogP contribution in [0.3, 0.4) is 0 Å². The molecule has 2 aromatic heterocycles. The summed E-state index contributed by atoms with van der Waals surface area (Å²) in [5.41, 5.74) is 1.91. The summed E-state index contributed by atoms with van der Waals surface area (Å²) in [5, 5.41) is 0. The third kappa shape index (κ3) is 3.22. The summed E-state index contributed by atoms with van der Waals surface area (Å²) in [6, 6.07) is 7.61. The highest BCUT2D eigenvalue weighted by Gasteiger charge is 2.19. The van der Waals surface area contributed by atoms with Crippen molar-refractivity contribution in [3.63, 3.8) is 0 Å². The molecule has 0 fully saturated rings. The molecule has 0 aliphatic heterocycles. The number of imidazole rings is 1. The van der Waals surface area contributed by atoms with Gasteiger partial charge in [0.1, 0.15) is 0 Å². The number of hydrogen-bond acceptors (Lipinski definition) is 4. The van der Waals surface area contributed by atoms with E-state index in [0.717, 1.165) is 5.56 Å². The maximum absolute atomic E-state index is 13.1. The first-order valence-corrected chi connectivity index (χ1v) is 8.70. The van der Waals surface area contributed by atoms with E-state index in [1.165, 1.54) is 9.13 Å². The minimum absolute atomic E-state index is 0.166. The Balaban J connectivity index is 2.35. The molecule has 3 rings (SSSR count). The number of fused-ring (bicyclic) bond motifs is 1. The van der Waals surface area contributed by atoms with Crippen LogP contribution >= 0.6 is 0 Å². The van der Waals surface area contributed by atoms with Crippen LogP contribution < -0.4 is 11.2 Å². The lowest BCUT2D eigenvalue weighted by Gasteiger charge is -2.14. The number of benzene rings is 1. The Labute approximate surface area is 151 Å². The van der Waals surface area contributed by atoms with Gasteiger partial charge in [0.2, 0.25) is 0 Å². The molecule has 138 valence electrons. The van der Waals surface area contributed by atoms with Gasteiger partial charge in [-0.05, 0) is 25.0 Å². The van der Waals surface area contributed by atoms with E-state index in [2.05, 4.69) is 4.98 Å². The van der Waals surface area contributed by atoms with Gasteiger partial charge in [-0.2, -0.15) is 0 Å². The third-order valence-electron chi connectivity index (χ3n) is 4.28. The van der Waals surface area contributed by atoms with E-state index in [-0.39, 0.29) is 17.2 Å². The minimum atomic E-state index is -0.364. The molecular formula is C19H24N4O3. The van der Waals surface area contributed by atoms with Gasteiger partial charge < -0.3 is 9.30 Å². The quantitative estimate of drug-likeness (QED) is 0.677. The molecule has 0 spiro atoms. The van der Waals surface area contributed by atoms with Gasteiger partial charge in [0, 0.05) is 20.2 Å². The summed E-state index contributed by atoms with van der Waals surface area (Å²) in [5.74, 6) is 0.166. The Bertz CT molecular complexity index is 1030. The number of nitrogens with zero attached hydrogens (tertiary/aromatic N) is 4. The summed E-state index contributed by atoms with van der Waals surface area (Å²) in [4.78, 5) is 30.5. The minimum Gasteiger partial charge on any atom is -0.383 e. The molecule has 0 amide bonds. The number of rotatable bonds is 6. The van der Waals surface area contributed by atoms with Crippen LogP contribution in [0.1, 0.15) is 19.4 Å². The van der Waals surface area contributed by atoms with Crippen LogP contribution in [-0.2, 0) is 17.8 Å². The second-order valence-corrected chi connectivity index (χ2v) is 6.87. The van der Waals surface area contributed by atoms with Crippen molar-refractivity contribution >= 4 is 11.2 Å². The molecule has 0 saturated heterocycles. The molecule has 0 aliphatic rings. The summed E-state index contributed by atoms with van der Waals surface area (Å²) < 4.78 is 9.70. The van der Waals surface area contributed by atoms with Gasteiger partial charge in [0.25, 0.3) is 5.56 Å². The van der Waals surface area contributed by atoms with Crippen molar-refractivity contribution < 1.29 is 4.74 Å². The molecule has 0 aliphatic carbocycles. The first-order chi connectivity index (χ1) is 12.4. The molecule has 3 aromatic rings. The molecule has 26 heavy (non-hydrogen) atoms. The third-order valence-corrected chi connectivity index (χ3v) is 4.28. The zero-order valence-electron chi connectivity index (χ0n) is 15.6. The largest absolute Gasteiger partial charge is 0.383 e. The monoisotopic (exact) mass is 356 g/mol. The van der Waals surface area contributed by atoms with Gasteiger partial charge in [-0.25, -0.2) is 14.3 Å². The van der Waals surface area contributed by atoms with Crippen LogP contribution in [0.5, 0.6) is 0 Å². The maximum Gasteiger partial charge on any atom is 0.337 e. The molecular weight excluding hydrogens is 332 g/mol. The molecule has 7 nitrogen and oxygen atoms in total. The normalized spacial score (nSPS) is 11.6. The standard InChI is InChI=1S/C19H24N4O3/c1-13(2)11-22-18(24)16-17(20-12-21(16)9-10-26-4)23(19(22)25)15-7-5-14(3)6-8-15/h5-8,12-13H,9-11H2,1-4H3. The predicted octanol–water partition coefficient (Wildman–Crippen LogP) is 1.96. The summed E-state index contributed by atoms with van der Waals surface area (Å²) in [7, 11) is 1.61.